The van der Waals surface area contributed by atoms with Gasteiger partial charge >= 0.3 is 0 Å². The van der Waals surface area contributed by atoms with E-state index in [1.54, 1.807) is 12.1 Å². The van der Waals surface area contributed by atoms with Crippen molar-refractivity contribution in [3.63, 3.8) is 0 Å². The lowest BCUT2D eigenvalue weighted by Gasteiger charge is -2.17. The number of hydrogen-bond donors (Lipinski definition) is 1. The van der Waals surface area contributed by atoms with Crippen molar-refractivity contribution in [2.24, 2.45) is 0 Å². The summed E-state index contributed by atoms with van der Waals surface area (Å²) in [6, 6.07) is 10.8. The van der Waals surface area contributed by atoms with Gasteiger partial charge < -0.3 is 14.7 Å². The third-order valence-electron chi connectivity index (χ3n) is 3.80. The first-order valence-electron chi connectivity index (χ1n) is 7.58. The minimum atomic E-state index is -0.171. The van der Waals surface area contributed by atoms with Crippen LogP contribution in [0.25, 0.3) is 6.08 Å². The molecule has 118 valence electrons. The molecule has 23 heavy (non-hydrogen) atoms. The van der Waals surface area contributed by atoms with E-state index in [1.807, 2.05) is 45.3 Å². The van der Waals surface area contributed by atoms with Gasteiger partial charge in [0.2, 0.25) is 5.78 Å². The number of ketones is 1. The standard InChI is InChI=1S/C19H19NO3/c1-12-4-6-13(7-5-12)10-17-18(22)14-8-9-16(21)15(11-20(2)3)19(14)23-17/h4-10,21H,11H2,1-3H3. The van der Waals surface area contributed by atoms with Crippen molar-refractivity contribution in [2.75, 3.05) is 14.1 Å². The number of fused-ring (bicyclic) bond motifs is 1. The highest BCUT2D eigenvalue weighted by molar-refractivity contribution is 6.14. The second-order valence-corrected chi connectivity index (χ2v) is 6.15. The number of rotatable bonds is 3. The van der Waals surface area contributed by atoms with Crippen LogP contribution in [0.3, 0.4) is 0 Å². The molecule has 2 aromatic rings. The lowest BCUT2D eigenvalue weighted by Crippen LogP contribution is -3.04. The Morgan fingerprint density at radius 3 is 2.48 bits per heavy atom. The second-order valence-electron chi connectivity index (χ2n) is 6.15. The van der Waals surface area contributed by atoms with Crippen molar-refractivity contribution in [3.8, 4) is 11.5 Å². The summed E-state index contributed by atoms with van der Waals surface area (Å²) in [6.45, 7) is 2.53. The number of benzene rings is 2. The maximum absolute atomic E-state index is 12.5. The molecular weight excluding hydrogens is 290 g/mol. The molecule has 0 radical (unpaired) electrons. The van der Waals surface area contributed by atoms with Gasteiger partial charge in [-0.2, -0.15) is 0 Å². The molecule has 0 atom stereocenters. The maximum atomic E-state index is 12.5. The van der Waals surface area contributed by atoms with Crippen LogP contribution in [0.4, 0.5) is 0 Å². The minimum absolute atomic E-state index is 0.0886. The Bertz CT molecular complexity index is 789. The Labute approximate surface area is 135 Å². The van der Waals surface area contributed by atoms with Crippen LogP contribution >= 0.6 is 0 Å². The van der Waals surface area contributed by atoms with Crippen LogP contribution in [0, 0.1) is 6.92 Å². The van der Waals surface area contributed by atoms with Crippen molar-refractivity contribution in [1.29, 1.82) is 0 Å². The van der Waals surface area contributed by atoms with Crippen LogP contribution in [0.2, 0.25) is 0 Å². The maximum Gasteiger partial charge on any atom is 0.231 e. The predicted octanol–water partition coefficient (Wildman–Crippen LogP) is 1.33. The van der Waals surface area contributed by atoms with E-state index in [9.17, 15) is 9.90 Å². The van der Waals surface area contributed by atoms with Crippen LogP contribution in [-0.4, -0.2) is 19.9 Å². The zero-order chi connectivity index (χ0) is 16.6. The molecule has 3 rings (SSSR count). The van der Waals surface area contributed by atoms with Gasteiger partial charge in [0.1, 0.15) is 12.3 Å². The number of Topliss-reactive ketones (excluding diaryl/α,β-unsaturated/α-hetero) is 1. The van der Waals surface area contributed by atoms with E-state index in [4.69, 9.17) is 4.74 Å². The first-order valence-corrected chi connectivity index (χ1v) is 7.58. The summed E-state index contributed by atoms with van der Waals surface area (Å²) in [6.07, 6.45) is 1.72. The average Bonchev–Trinajstić information content (AvgIpc) is 2.81. The van der Waals surface area contributed by atoms with E-state index in [0.717, 1.165) is 16.0 Å². The van der Waals surface area contributed by atoms with Crippen LogP contribution in [0.15, 0.2) is 42.2 Å². The molecule has 1 N–H and O–H groups in total. The quantitative estimate of drug-likeness (QED) is 0.870. The number of carbonyl (C=O) groups excluding carboxylic acids is 1. The van der Waals surface area contributed by atoms with Gasteiger partial charge in [-0.3, -0.25) is 4.79 Å². The van der Waals surface area contributed by atoms with Crippen molar-refractivity contribution < 1.29 is 19.5 Å². The Morgan fingerprint density at radius 2 is 1.83 bits per heavy atom. The van der Waals surface area contributed by atoms with E-state index in [2.05, 4.69) is 0 Å². The second kappa shape index (κ2) is 5.89. The molecule has 1 aliphatic heterocycles. The number of nitrogens with one attached hydrogen (secondary N) is 1. The molecule has 0 aromatic heterocycles. The number of aryl methyl sites for hydroxylation is 1. The largest absolute Gasteiger partial charge is 0.872 e. The molecule has 0 amide bonds. The lowest BCUT2D eigenvalue weighted by molar-refractivity contribution is -0.872. The monoisotopic (exact) mass is 309 g/mol. The molecule has 4 nitrogen and oxygen atoms in total. The summed E-state index contributed by atoms with van der Waals surface area (Å²) in [5.74, 6) is 0.427. The van der Waals surface area contributed by atoms with Crippen molar-refractivity contribution >= 4 is 11.9 Å². The van der Waals surface area contributed by atoms with E-state index in [0.29, 0.717) is 23.4 Å². The topological polar surface area (TPSA) is 53.8 Å². The minimum Gasteiger partial charge on any atom is -0.872 e. The highest BCUT2D eigenvalue weighted by atomic mass is 16.5. The lowest BCUT2D eigenvalue weighted by atomic mass is 10.0. The van der Waals surface area contributed by atoms with Crippen molar-refractivity contribution in [2.45, 2.75) is 13.5 Å². The smallest absolute Gasteiger partial charge is 0.231 e. The van der Waals surface area contributed by atoms with Crippen LogP contribution in [0.5, 0.6) is 11.5 Å². The van der Waals surface area contributed by atoms with Crippen LogP contribution < -0.4 is 14.7 Å². The summed E-state index contributed by atoms with van der Waals surface area (Å²) in [7, 11) is 3.91. The third kappa shape index (κ3) is 2.98. The molecule has 2 aromatic carbocycles. The normalized spacial score (nSPS) is 15.1. The Kier molecular flexibility index (Phi) is 3.92. The number of quaternary nitrogens is 1. The summed E-state index contributed by atoms with van der Waals surface area (Å²) < 4.78 is 5.76. The fourth-order valence-electron chi connectivity index (χ4n) is 2.62. The molecular formula is C19H19NO3. The molecule has 0 unspecified atom stereocenters. The SMILES string of the molecule is Cc1ccc(C=C2Oc3c(ccc([O-])c3C[NH+](C)C)C2=O)cc1. The molecule has 0 bridgehead atoms. The Morgan fingerprint density at radius 1 is 1.13 bits per heavy atom. The zero-order valence-electron chi connectivity index (χ0n) is 13.5. The first kappa shape index (κ1) is 15.3. The highest BCUT2D eigenvalue weighted by Gasteiger charge is 2.30. The number of carbonyl (C=O) groups is 1. The Hall–Kier alpha value is -2.59. The van der Waals surface area contributed by atoms with Gasteiger partial charge in [0.15, 0.2) is 5.76 Å². The van der Waals surface area contributed by atoms with Gasteiger partial charge in [0.05, 0.1) is 19.7 Å². The van der Waals surface area contributed by atoms with Crippen LogP contribution in [-0.2, 0) is 6.54 Å². The van der Waals surface area contributed by atoms with E-state index < -0.39 is 0 Å². The molecule has 0 saturated carbocycles. The first-order chi connectivity index (χ1) is 11.0. The van der Waals surface area contributed by atoms with Gasteiger partial charge in [-0.25, -0.2) is 0 Å². The predicted molar refractivity (Wildman–Crippen MR) is 86.5 cm³/mol. The fraction of sp³-hybridized carbons (Fsp3) is 0.211. The van der Waals surface area contributed by atoms with E-state index in [-0.39, 0.29) is 17.3 Å². The summed E-state index contributed by atoms with van der Waals surface area (Å²) >= 11 is 0. The molecule has 0 fully saturated rings. The third-order valence-corrected chi connectivity index (χ3v) is 3.80. The molecule has 0 aliphatic carbocycles. The Balaban J connectivity index is 2.00. The van der Waals surface area contributed by atoms with Crippen LogP contribution in [0.1, 0.15) is 27.0 Å². The summed E-state index contributed by atoms with van der Waals surface area (Å²) in [5.41, 5.74) is 3.08. The van der Waals surface area contributed by atoms with Gasteiger partial charge in [0, 0.05) is 5.56 Å². The average molecular weight is 309 g/mol. The van der Waals surface area contributed by atoms with Gasteiger partial charge in [-0.1, -0.05) is 41.6 Å². The fourth-order valence-corrected chi connectivity index (χ4v) is 2.62. The highest BCUT2D eigenvalue weighted by Crippen LogP contribution is 2.38. The molecule has 0 spiro atoms. The molecule has 1 heterocycles. The number of allylic oxidation sites excluding steroid dienone is 1. The zero-order valence-corrected chi connectivity index (χ0v) is 13.5. The van der Waals surface area contributed by atoms with Gasteiger partial charge in [-0.15, -0.1) is 0 Å². The summed E-state index contributed by atoms with van der Waals surface area (Å²) in [4.78, 5) is 13.6. The summed E-state index contributed by atoms with van der Waals surface area (Å²) in [5, 5.41) is 12.1. The number of hydrogen-bond acceptors (Lipinski definition) is 3. The van der Waals surface area contributed by atoms with Crippen molar-refractivity contribution in [3.05, 3.63) is 64.4 Å². The molecule has 4 heteroatoms. The van der Waals surface area contributed by atoms with E-state index >= 15 is 0 Å². The number of ether oxygens (including phenoxy) is 1. The van der Waals surface area contributed by atoms with E-state index in [1.165, 1.54) is 6.07 Å². The molecule has 0 saturated heterocycles. The van der Waals surface area contributed by atoms with Gasteiger partial charge in [0.25, 0.3) is 0 Å². The van der Waals surface area contributed by atoms with Crippen molar-refractivity contribution in [1.82, 2.24) is 0 Å². The molecule has 1 aliphatic rings. The van der Waals surface area contributed by atoms with Gasteiger partial charge in [-0.05, 0) is 24.6 Å².